The van der Waals surface area contributed by atoms with Gasteiger partial charge in [-0.25, -0.2) is 4.79 Å². The number of rotatable bonds is 6. The van der Waals surface area contributed by atoms with Crippen molar-refractivity contribution < 1.29 is 19.1 Å². The smallest absolute Gasteiger partial charge is 0.341 e. The van der Waals surface area contributed by atoms with Gasteiger partial charge in [0, 0.05) is 21.0 Å². The summed E-state index contributed by atoms with van der Waals surface area (Å²) >= 11 is 19.1. The number of hydrogen-bond donors (Lipinski definition) is 1. The van der Waals surface area contributed by atoms with E-state index in [2.05, 4.69) is 5.32 Å². The molecule has 0 fully saturated rings. The van der Waals surface area contributed by atoms with Gasteiger partial charge in [-0.3, -0.25) is 4.79 Å². The summed E-state index contributed by atoms with van der Waals surface area (Å²) in [6.45, 7) is 1.58. The molecular weight excluding hydrogens is 469 g/mol. The van der Waals surface area contributed by atoms with Crippen LogP contribution in [0.2, 0.25) is 15.1 Å². The summed E-state index contributed by atoms with van der Waals surface area (Å²) in [4.78, 5) is 25.1. The Morgan fingerprint density at radius 1 is 1.03 bits per heavy atom. The summed E-state index contributed by atoms with van der Waals surface area (Å²) in [5.41, 5.74) is 1.66. The minimum absolute atomic E-state index is 0.259. The Morgan fingerprint density at radius 3 is 2.33 bits per heavy atom. The Bertz CT molecular complexity index is 1080. The van der Waals surface area contributed by atoms with E-state index in [-0.39, 0.29) is 5.56 Å². The Balaban J connectivity index is 1.83. The topological polar surface area (TPSA) is 64.6 Å². The maximum atomic E-state index is 12.7. The fourth-order valence-corrected chi connectivity index (χ4v) is 4.16. The first-order valence-corrected chi connectivity index (χ1v) is 10.7. The molecule has 5 nitrogen and oxygen atoms in total. The number of hydrogen-bond acceptors (Lipinski definition) is 5. The summed E-state index contributed by atoms with van der Waals surface area (Å²) in [6, 6.07) is 11.7. The molecule has 1 heterocycles. The van der Waals surface area contributed by atoms with Crippen LogP contribution in [0.1, 0.15) is 17.3 Å². The number of benzene rings is 2. The van der Waals surface area contributed by atoms with Crippen molar-refractivity contribution in [2.45, 2.75) is 13.0 Å². The third-order valence-corrected chi connectivity index (χ3v) is 5.82. The molecule has 1 atom stereocenters. The number of anilines is 1. The average Bonchev–Trinajstić information content (AvgIpc) is 3.13. The van der Waals surface area contributed by atoms with E-state index in [0.29, 0.717) is 31.4 Å². The number of halogens is 3. The standard InChI is InChI=1S/C21H16Cl3NO4S/c1-11(29-17-8-7-14(23)9-16(17)24)19(26)25-20-18(21(27)28-2)15(10-30-20)12-3-5-13(22)6-4-12/h3-11H,1-2H3,(H,25,26). The molecule has 9 heteroatoms. The lowest BCUT2D eigenvalue weighted by atomic mass is 10.0. The van der Waals surface area contributed by atoms with E-state index in [1.54, 1.807) is 48.7 Å². The Labute approximate surface area is 192 Å². The molecule has 3 aromatic rings. The minimum atomic E-state index is -0.879. The molecule has 0 aliphatic carbocycles. The zero-order chi connectivity index (χ0) is 21.8. The second kappa shape index (κ2) is 9.71. The zero-order valence-corrected chi connectivity index (χ0v) is 19.0. The molecule has 0 aliphatic rings. The quantitative estimate of drug-likeness (QED) is 0.402. The Hall–Kier alpha value is -2.25. The van der Waals surface area contributed by atoms with Crippen molar-refractivity contribution in [3.8, 4) is 16.9 Å². The van der Waals surface area contributed by atoms with E-state index < -0.39 is 18.0 Å². The highest BCUT2D eigenvalue weighted by molar-refractivity contribution is 7.15. The molecule has 2 aromatic carbocycles. The lowest BCUT2D eigenvalue weighted by Gasteiger charge is -2.16. The molecule has 0 radical (unpaired) electrons. The highest BCUT2D eigenvalue weighted by Gasteiger charge is 2.24. The number of esters is 1. The third kappa shape index (κ3) is 5.08. The van der Waals surface area contributed by atoms with Gasteiger partial charge in [0.15, 0.2) is 6.10 Å². The molecule has 0 spiro atoms. The normalized spacial score (nSPS) is 11.6. The van der Waals surface area contributed by atoms with Gasteiger partial charge in [0.05, 0.1) is 12.1 Å². The van der Waals surface area contributed by atoms with Crippen LogP contribution in [0.3, 0.4) is 0 Å². The fourth-order valence-electron chi connectivity index (χ4n) is 2.62. The summed E-state index contributed by atoms with van der Waals surface area (Å²) in [5.74, 6) is -0.688. The number of ether oxygens (including phenoxy) is 2. The molecule has 0 bridgehead atoms. The first kappa shape index (κ1) is 22.4. The minimum Gasteiger partial charge on any atom is -0.479 e. The highest BCUT2D eigenvalue weighted by atomic mass is 35.5. The fraction of sp³-hybridized carbons (Fsp3) is 0.143. The number of nitrogens with one attached hydrogen (secondary N) is 1. The van der Waals surface area contributed by atoms with Crippen molar-refractivity contribution in [3.05, 3.63) is 68.5 Å². The lowest BCUT2D eigenvalue weighted by molar-refractivity contribution is -0.122. The van der Waals surface area contributed by atoms with Crippen molar-refractivity contribution in [2.24, 2.45) is 0 Å². The molecule has 3 rings (SSSR count). The maximum Gasteiger partial charge on any atom is 0.341 e. The molecular formula is C21H16Cl3NO4S. The van der Waals surface area contributed by atoms with Crippen LogP contribution in [0.15, 0.2) is 47.8 Å². The van der Waals surface area contributed by atoms with Crippen LogP contribution in [0.4, 0.5) is 5.00 Å². The summed E-state index contributed by atoms with van der Waals surface area (Å²) in [6.07, 6.45) is -0.879. The van der Waals surface area contributed by atoms with Crippen LogP contribution >= 0.6 is 46.1 Å². The van der Waals surface area contributed by atoms with Gasteiger partial charge in [-0.15, -0.1) is 11.3 Å². The van der Waals surface area contributed by atoms with Crippen molar-refractivity contribution in [1.29, 1.82) is 0 Å². The molecule has 30 heavy (non-hydrogen) atoms. The number of methoxy groups -OCH3 is 1. The van der Waals surface area contributed by atoms with Gasteiger partial charge in [0.1, 0.15) is 16.3 Å². The Morgan fingerprint density at radius 2 is 1.70 bits per heavy atom. The first-order valence-electron chi connectivity index (χ1n) is 8.68. The third-order valence-electron chi connectivity index (χ3n) is 4.14. The van der Waals surface area contributed by atoms with Gasteiger partial charge >= 0.3 is 5.97 Å². The monoisotopic (exact) mass is 483 g/mol. The van der Waals surface area contributed by atoms with Gasteiger partial charge in [0.25, 0.3) is 5.91 Å². The number of thiophene rings is 1. The van der Waals surface area contributed by atoms with E-state index in [1.807, 2.05) is 0 Å². The molecule has 1 amide bonds. The van der Waals surface area contributed by atoms with E-state index in [4.69, 9.17) is 44.3 Å². The van der Waals surface area contributed by atoms with E-state index >= 15 is 0 Å². The summed E-state index contributed by atoms with van der Waals surface area (Å²) < 4.78 is 10.6. The number of amides is 1. The van der Waals surface area contributed by atoms with Crippen molar-refractivity contribution in [2.75, 3.05) is 12.4 Å². The van der Waals surface area contributed by atoms with Crippen molar-refractivity contribution in [1.82, 2.24) is 0 Å². The van der Waals surface area contributed by atoms with Crippen LogP contribution in [-0.2, 0) is 9.53 Å². The van der Waals surface area contributed by atoms with Gasteiger partial charge < -0.3 is 14.8 Å². The maximum absolute atomic E-state index is 12.7. The van der Waals surface area contributed by atoms with Crippen LogP contribution in [0.5, 0.6) is 5.75 Å². The zero-order valence-electron chi connectivity index (χ0n) is 15.9. The largest absolute Gasteiger partial charge is 0.479 e. The average molecular weight is 485 g/mol. The first-order chi connectivity index (χ1) is 14.3. The number of carbonyl (C=O) groups is 2. The van der Waals surface area contributed by atoms with Crippen molar-refractivity contribution in [3.63, 3.8) is 0 Å². The Kier molecular flexibility index (Phi) is 7.26. The molecule has 0 saturated carbocycles. The number of carbonyl (C=O) groups excluding carboxylic acids is 2. The molecule has 1 unspecified atom stereocenters. The van der Waals surface area contributed by atoms with Gasteiger partial charge in [-0.2, -0.15) is 0 Å². The molecule has 0 saturated heterocycles. The van der Waals surface area contributed by atoms with Gasteiger partial charge in [-0.1, -0.05) is 46.9 Å². The van der Waals surface area contributed by atoms with Crippen LogP contribution < -0.4 is 10.1 Å². The van der Waals surface area contributed by atoms with Crippen LogP contribution in [-0.4, -0.2) is 25.1 Å². The van der Waals surface area contributed by atoms with E-state index in [9.17, 15) is 9.59 Å². The van der Waals surface area contributed by atoms with Crippen molar-refractivity contribution >= 4 is 63.0 Å². The molecule has 156 valence electrons. The second-order valence-corrected chi connectivity index (χ2v) is 8.34. The second-order valence-electron chi connectivity index (χ2n) is 6.18. The van der Waals surface area contributed by atoms with Crippen LogP contribution in [0.25, 0.3) is 11.1 Å². The predicted molar refractivity (Wildman–Crippen MR) is 121 cm³/mol. The molecule has 0 aliphatic heterocycles. The molecule has 1 N–H and O–H groups in total. The summed E-state index contributed by atoms with van der Waals surface area (Å²) in [7, 11) is 1.28. The van der Waals surface area contributed by atoms with Crippen LogP contribution in [0, 0.1) is 0 Å². The van der Waals surface area contributed by atoms with Gasteiger partial charge in [0.2, 0.25) is 0 Å². The van der Waals surface area contributed by atoms with Gasteiger partial charge in [-0.05, 0) is 42.8 Å². The van der Waals surface area contributed by atoms with E-state index in [0.717, 1.165) is 5.56 Å². The summed E-state index contributed by atoms with van der Waals surface area (Å²) in [5, 5.41) is 6.19. The molecule has 1 aromatic heterocycles. The lowest BCUT2D eigenvalue weighted by Crippen LogP contribution is -2.30. The highest BCUT2D eigenvalue weighted by Crippen LogP contribution is 2.37. The SMILES string of the molecule is COC(=O)c1c(-c2ccc(Cl)cc2)csc1NC(=O)C(C)Oc1ccc(Cl)cc1Cl. The van der Waals surface area contributed by atoms with E-state index in [1.165, 1.54) is 24.5 Å². The predicted octanol–water partition coefficient (Wildman–Crippen LogP) is 6.57.